The van der Waals surface area contributed by atoms with Gasteiger partial charge in [0, 0.05) is 35.5 Å². The zero-order valence-corrected chi connectivity index (χ0v) is 23.7. The highest BCUT2D eigenvalue weighted by Gasteiger charge is 2.32. The summed E-state index contributed by atoms with van der Waals surface area (Å²) in [6.45, 7) is 5.65. The van der Waals surface area contributed by atoms with Gasteiger partial charge in [-0.15, -0.1) is 0 Å². The lowest BCUT2D eigenvalue weighted by Crippen LogP contribution is -2.20. The molecule has 226 valence electrons. The van der Waals surface area contributed by atoms with Crippen LogP contribution in [0.3, 0.4) is 0 Å². The van der Waals surface area contributed by atoms with Crippen LogP contribution in [0.5, 0.6) is 0 Å². The topological polar surface area (TPSA) is 133 Å². The van der Waals surface area contributed by atoms with Crippen LogP contribution in [0.15, 0.2) is 72.9 Å². The minimum Gasteiger partial charge on any atom is -0.481 e. The van der Waals surface area contributed by atoms with Gasteiger partial charge in [-0.1, -0.05) is 51.1 Å². The average molecular weight is 596 g/mol. The molecule has 2 unspecified atom stereocenters. The number of carbonyl (C=O) groups is 1. The van der Waals surface area contributed by atoms with E-state index in [2.05, 4.69) is 15.3 Å². The van der Waals surface area contributed by atoms with Crippen molar-refractivity contribution in [1.29, 1.82) is 0 Å². The van der Waals surface area contributed by atoms with E-state index in [4.69, 9.17) is 10.1 Å². The molecule has 0 spiro atoms. The molecule has 2 heterocycles. The van der Waals surface area contributed by atoms with Gasteiger partial charge in [0.1, 0.15) is 11.5 Å². The predicted octanol–water partition coefficient (Wildman–Crippen LogP) is 6.12. The number of carboxylic acids is 1. The number of aliphatic hydroxyl groups excluding tert-OH is 2. The Kier molecular flexibility index (Phi) is 9.31. The van der Waals surface area contributed by atoms with Crippen LogP contribution in [0.4, 0.5) is 24.8 Å². The van der Waals surface area contributed by atoms with E-state index < -0.39 is 41.8 Å². The number of hydrogen-bond acceptors (Lipinski definition) is 7. The van der Waals surface area contributed by atoms with Crippen LogP contribution in [-0.2, 0) is 16.4 Å². The summed E-state index contributed by atoms with van der Waals surface area (Å²) in [5.74, 6) is -0.500. The molecule has 4 N–H and O–H groups in total. The maximum absolute atomic E-state index is 13.8. The Balaban J connectivity index is 1.89. The molecule has 0 saturated heterocycles. The van der Waals surface area contributed by atoms with Gasteiger partial charge in [-0.3, -0.25) is 4.79 Å². The summed E-state index contributed by atoms with van der Waals surface area (Å²) in [5.41, 5.74) is 0.384. The van der Waals surface area contributed by atoms with Gasteiger partial charge in [-0.05, 0) is 36.4 Å². The average Bonchev–Trinajstić information content (AvgIpc) is 3.32. The Hall–Kier alpha value is -4.55. The molecule has 0 aliphatic carbocycles. The highest BCUT2D eigenvalue weighted by molar-refractivity contribution is 5.80. The Bertz CT molecular complexity index is 1600. The molecule has 0 aliphatic rings. The van der Waals surface area contributed by atoms with Crippen LogP contribution in [-0.4, -0.2) is 53.0 Å². The minimum atomic E-state index is -4.60. The quantitative estimate of drug-likeness (QED) is 0.172. The van der Waals surface area contributed by atoms with Crippen LogP contribution >= 0.6 is 0 Å². The van der Waals surface area contributed by atoms with Crippen molar-refractivity contribution in [2.24, 2.45) is 0 Å². The van der Waals surface area contributed by atoms with E-state index in [-0.39, 0.29) is 29.3 Å². The van der Waals surface area contributed by atoms with Gasteiger partial charge in [0.25, 0.3) is 0 Å². The van der Waals surface area contributed by atoms with Crippen molar-refractivity contribution < 1.29 is 33.3 Å². The molecule has 0 radical (unpaired) electrons. The lowest BCUT2D eigenvalue weighted by Gasteiger charge is -2.20. The number of aromatic nitrogens is 4. The molecule has 12 heteroatoms. The van der Waals surface area contributed by atoms with Crippen molar-refractivity contribution in [1.82, 2.24) is 19.5 Å². The number of aliphatic carboxylic acids is 1. The number of para-hydroxylation sites is 1. The fourth-order valence-corrected chi connectivity index (χ4v) is 4.43. The van der Waals surface area contributed by atoms with Gasteiger partial charge in [-0.25, -0.2) is 15.0 Å². The zero-order chi connectivity index (χ0) is 31.4. The molecular formula is C31H32F3N5O4. The van der Waals surface area contributed by atoms with E-state index in [9.17, 15) is 28.2 Å². The van der Waals surface area contributed by atoms with Gasteiger partial charge in [0.2, 0.25) is 5.95 Å². The number of alkyl halides is 3. The first kappa shape index (κ1) is 31.4. The second-order valence-electron chi connectivity index (χ2n) is 11.0. The lowest BCUT2D eigenvalue weighted by atomic mass is 9.95. The third-order valence-corrected chi connectivity index (χ3v) is 6.35. The maximum atomic E-state index is 13.8. The fourth-order valence-electron chi connectivity index (χ4n) is 4.43. The van der Waals surface area contributed by atoms with Gasteiger partial charge < -0.3 is 25.2 Å². The smallest absolute Gasteiger partial charge is 0.416 e. The number of nitrogens with one attached hydrogen (secondary N) is 1. The first-order chi connectivity index (χ1) is 20.2. The molecule has 4 rings (SSSR count). The monoisotopic (exact) mass is 595 g/mol. The van der Waals surface area contributed by atoms with E-state index in [0.29, 0.717) is 11.5 Å². The Morgan fingerprint density at radius 2 is 1.74 bits per heavy atom. The number of imidazole rings is 1. The van der Waals surface area contributed by atoms with Crippen LogP contribution in [0.2, 0.25) is 0 Å². The molecule has 2 aromatic carbocycles. The number of hydrogen-bond donors (Lipinski definition) is 4. The van der Waals surface area contributed by atoms with Crippen molar-refractivity contribution in [2.75, 3.05) is 5.32 Å². The van der Waals surface area contributed by atoms with Gasteiger partial charge in [0.15, 0.2) is 0 Å². The van der Waals surface area contributed by atoms with Crippen LogP contribution in [0, 0.1) is 0 Å². The molecule has 9 nitrogen and oxygen atoms in total. The summed E-state index contributed by atoms with van der Waals surface area (Å²) in [7, 11) is 0. The van der Waals surface area contributed by atoms with Gasteiger partial charge in [0.05, 0.1) is 35.6 Å². The second-order valence-corrected chi connectivity index (χ2v) is 11.0. The summed E-state index contributed by atoms with van der Waals surface area (Å²) in [6.07, 6.45) is -3.62. The SMILES string of the molecule is CC(C)(C)c1nc(-c2ccnc(Nc3ccccc3)n2)c(-c2cccc(C(F)(F)F)c2)n1C=CC(O)CC(O)CC(=O)O. The number of halogens is 3. The molecule has 2 aromatic heterocycles. The Labute approximate surface area is 246 Å². The van der Waals surface area contributed by atoms with E-state index in [0.717, 1.165) is 17.8 Å². The summed E-state index contributed by atoms with van der Waals surface area (Å²) in [4.78, 5) is 24.7. The van der Waals surface area contributed by atoms with Gasteiger partial charge >= 0.3 is 12.1 Å². The summed E-state index contributed by atoms with van der Waals surface area (Å²) in [6, 6.07) is 15.7. The van der Waals surface area contributed by atoms with Crippen molar-refractivity contribution in [3.05, 3.63) is 84.3 Å². The Morgan fingerprint density at radius 3 is 2.40 bits per heavy atom. The molecular weight excluding hydrogens is 563 g/mol. The van der Waals surface area contributed by atoms with E-state index in [1.807, 2.05) is 51.1 Å². The van der Waals surface area contributed by atoms with Gasteiger partial charge in [-0.2, -0.15) is 13.2 Å². The molecule has 43 heavy (non-hydrogen) atoms. The number of anilines is 2. The maximum Gasteiger partial charge on any atom is 0.416 e. The van der Waals surface area contributed by atoms with Crippen molar-refractivity contribution in [3.8, 4) is 22.6 Å². The van der Waals surface area contributed by atoms with Crippen LogP contribution in [0.1, 0.15) is 45.0 Å². The van der Waals surface area contributed by atoms with Crippen LogP contribution in [0.25, 0.3) is 28.8 Å². The predicted molar refractivity (Wildman–Crippen MR) is 156 cm³/mol. The molecule has 0 aliphatic heterocycles. The zero-order valence-electron chi connectivity index (χ0n) is 23.7. The highest BCUT2D eigenvalue weighted by atomic mass is 19.4. The van der Waals surface area contributed by atoms with Crippen molar-refractivity contribution in [2.45, 2.75) is 57.4 Å². The number of carboxylic acid groups (broad SMARTS) is 1. The normalized spacial score (nSPS) is 13.7. The molecule has 0 fully saturated rings. The molecule has 0 bridgehead atoms. The number of nitrogens with zero attached hydrogens (tertiary/aromatic N) is 4. The summed E-state index contributed by atoms with van der Waals surface area (Å²) < 4.78 is 42.9. The number of benzene rings is 2. The second kappa shape index (κ2) is 12.8. The van der Waals surface area contributed by atoms with E-state index in [1.54, 1.807) is 10.6 Å². The third-order valence-electron chi connectivity index (χ3n) is 6.35. The lowest BCUT2D eigenvalue weighted by molar-refractivity contribution is -0.139. The first-order valence-corrected chi connectivity index (χ1v) is 13.4. The fraction of sp³-hybridized carbons (Fsp3) is 0.290. The summed E-state index contributed by atoms with van der Waals surface area (Å²) >= 11 is 0. The van der Waals surface area contributed by atoms with Crippen molar-refractivity contribution >= 4 is 23.8 Å². The number of aliphatic hydroxyl groups is 2. The Morgan fingerprint density at radius 1 is 1.02 bits per heavy atom. The van der Waals surface area contributed by atoms with Crippen LogP contribution < -0.4 is 5.32 Å². The summed E-state index contributed by atoms with van der Waals surface area (Å²) in [5, 5.41) is 32.5. The number of rotatable bonds is 10. The molecule has 2 atom stereocenters. The molecule has 0 amide bonds. The van der Waals surface area contributed by atoms with Crippen molar-refractivity contribution in [3.63, 3.8) is 0 Å². The largest absolute Gasteiger partial charge is 0.481 e. The molecule has 4 aromatic rings. The minimum absolute atomic E-state index is 0.203. The third kappa shape index (κ3) is 8.05. The molecule has 0 saturated carbocycles. The van der Waals surface area contributed by atoms with E-state index >= 15 is 0 Å². The first-order valence-electron chi connectivity index (χ1n) is 13.4. The standard InChI is InChI=1S/C31H32F3N5O4/c1-30(2,3)28-38-26(24-12-14-35-29(37-24)36-21-10-5-4-6-11-21)27(19-8-7-9-20(16-19)31(32,33)34)39(28)15-13-22(40)17-23(41)18-25(42)43/h4-16,22-23,40-41H,17-18H2,1-3H3,(H,42,43)(H,35,36,37). The highest BCUT2D eigenvalue weighted by Crippen LogP contribution is 2.39. The van der Waals surface area contributed by atoms with E-state index in [1.165, 1.54) is 30.6 Å².